The lowest BCUT2D eigenvalue weighted by molar-refractivity contribution is -0.130. The third-order valence-corrected chi connectivity index (χ3v) is 3.91. The van der Waals surface area contributed by atoms with E-state index in [2.05, 4.69) is 15.2 Å². The van der Waals surface area contributed by atoms with Crippen LogP contribution in [0.1, 0.15) is 12.8 Å². The number of nitrogens with one attached hydrogen (secondary N) is 1. The largest absolute Gasteiger partial charge is 0.359 e. The summed E-state index contributed by atoms with van der Waals surface area (Å²) >= 11 is 1.64. The van der Waals surface area contributed by atoms with Gasteiger partial charge in [-0.1, -0.05) is 0 Å². The Hall–Kier alpha value is -1.14. The summed E-state index contributed by atoms with van der Waals surface area (Å²) < 4.78 is 0. The molecule has 0 unspecified atom stereocenters. The number of hydrogen-bond acceptors (Lipinski definition) is 5. The van der Waals surface area contributed by atoms with E-state index in [9.17, 15) is 4.79 Å². The molecular weight excluding hydrogens is 248 g/mol. The highest BCUT2D eigenvalue weighted by molar-refractivity contribution is 7.13. The summed E-state index contributed by atoms with van der Waals surface area (Å²) in [6.07, 6.45) is 3.96. The van der Waals surface area contributed by atoms with Gasteiger partial charge in [-0.15, -0.1) is 11.3 Å². The van der Waals surface area contributed by atoms with Gasteiger partial charge >= 0.3 is 0 Å². The van der Waals surface area contributed by atoms with Gasteiger partial charge in [-0.2, -0.15) is 0 Å². The van der Waals surface area contributed by atoms with E-state index in [1.165, 1.54) is 0 Å². The highest BCUT2D eigenvalue weighted by Crippen LogP contribution is 2.18. The molecule has 2 heterocycles. The Kier molecular flexibility index (Phi) is 4.54. The van der Waals surface area contributed by atoms with E-state index < -0.39 is 0 Å². The molecule has 0 spiro atoms. The number of aromatic nitrogens is 1. The van der Waals surface area contributed by atoms with Crippen LogP contribution >= 0.6 is 11.3 Å². The quantitative estimate of drug-likeness (QED) is 0.888. The number of rotatable bonds is 4. The Morgan fingerprint density at radius 1 is 1.56 bits per heavy atom. The van der Waals surface area contributed by atoms with Crippen molar-refractivity contribution in [1.82, 2.24) is 14.8 Å². The van der Waals surface area contributed by atoms with Gasteiger partial charge < -0.3 is 10.2 Å². The maximum Gasteiger partial charge on any atom is 0.236 e. The van der Waals surface area contributed by atoms with Crippen LogP contribution in [0.4, 0.5) is 5.13 Å². The molecule has 1 fully saturated rings. The van der Waals surface area contributed by atoms with Crippen LogP contribution in [-0.2, 0) is 4.79 Å². The van der Waals surface area contributed by atoms with Crippen molar-refractivity contribution in [1.29, 1.82) is 0 Å². The fraction of sp³-hybridized carbons (Fsp3) is 0.667. The molecule has 1 aromatic heterocycles. The van der Waals surface area contributed by atoms with Gasteiger partial charge in [0.15, 0.2) is 5.13 Å². The van der Waals surface area contributed by atoms with Crippen LogP contribution in [0.15, 0.2) is 11.6 Å². The molecule has 0 aromatic carbocycles. The molecule has 0 aliphatic carbocycles. The number of likely N-dealkylation sites (tertiary alicyclic amines) is 1. The number of anilines is 1. The maximum atomic E-state index is 11.6. The normalized spacial score (nSPS) is 17.7. The highest BCUT2D eigenvalue weighted by atomic mass is 32.1. The fourth-order valence-corrected chi connectivity index (χ4v) is 2.64. The average molecular weight is 268 g/mol. The molecule has 100 valence electrons. The fourth-order valence-electron chi connectivity index (χ4n) is 2.04. The molecule has 1 amide bonds. The number of amides is 1. The zero-order valence-corrected chi connectivity index (χ0v) is 11.7. The third-order valence-electron chi connectivity index (χ3n) is 3.21. The topological polar surface area (TPSA) is 48.5 Å². The minimum Gasteiger partial charge on any atom is -0.359 e. The van der Waals surface area contributed by atoms with E-state index in [1.807, 2.05) is 11.6 Å². The molecule has 5 nitrogen and oxygen atoms in total. The van der Waals surface area contributed by atoms with Crippen LogP contribution < -0.4 is 5.32 Å². The summed E-state index contributed by atoms with van der Waals surface area (Å²) in [6.45, 7) is 2.49. The van der Waals surface area contributed by atoms with E-state index in [4.69, 9.17) is 0 Å². The minimum atomic E-state index is 0.182. The first-order valence-corrected chi connectivity index (χ1v) is 7.11. The van der Waals surface area contributed by atoms with Crippen molar-refractivity contribution in [2.24, 2.45) is 0 Å². The van der Waals surface area contributed by atoms with Crippen molar-refractivity contribution in [3.05, 3.63) is 11.6 Å². The summed E-state index contributed by atoms with van der Waals surface area (Å²) in [6, 6.07) is 0.488. The lowest BCUT2D eigenvalue weighted by Crippen LogP contribution is -2.43. The predicted molar refractivity (Wildman–Crippen MR) is 73.9 cm³/mol. The van der Waals surface area contributed by atoms with E-state index in [-0.39, 0.29) is 5.91 Å². The number of nitrogens with zero attached hydrogens (tertiary/aromatic N) is 3. The van der Waals surface area contributed by atoms with Gasteiger partial charge in [-0.05, 0) is 12.8 Å². The number of carbonyl (C=O) groups excluding carboxylic acids is 1. The van der Waals surface area contributed by atoms with Gasteiger partial charge in [0.1, 0.15) is 0 Å². The average Bonchev–Trinajstić information content (AvgIpc) is 2.84. The van der Waals surface area contributed by atoms with Gasteiger partial charge in [-0.25, -0.2) is 4.98 Å². The van der Waals surface area contributed by atoms with Crippen LogP contribution in [0.25, 0.3) is 0 Å². The summed E-state index contributed by atoms with van der Waals surface area (Å²) in [5, 5.41) is 6.42. The first-order valence-electron chi connectivity index (χ1n) is 6.23. The van der Waals surface area contributed by atoms with Gasteiger partial charge in [0.05, 0.1) is 6.54 Å². The van der Waals surface area contributed by atoms with Crippen LogP contribution in [0.5, 0.6) is 0 Å². The van der Waals surface area contributed by atoms with E-state index in [0.29, 0.717) is 12.6 Å². The Labute approximate surface area is 112 Å². The SMILES string of the molecule is CN(C)C(=O)CN1CCC(Nc2nccs2)CC1. The van der Waals surface area contributed by atoms with Gasteiger partial charge in [0.2, 0.25) is 5.91 Å². The number of likely N-dealkylation sites (N-methyl/N-ethyl adjacent to an activating group) is 1. The standard InChI is InChI=1S/C12H20N4OS/c1-15(2)11(17)9-16-6-3-10(4-7-16)14-12-13-5-8-18-12/h5,8,10H,3-4,6-7,9H2,1-2H3,(H,13,14). The molecule has 1 aliphatic rings. The Morgan fingerprint density at radius 3 is 2.83 bits per heavy atom. The van der Waals surface area contributed by atoms with E-state index in [1.54, 1.807) is 30.3 Å². The summed E-state index contributed by atoms with van der Waals surface area (Å²) in [5.41, 5.74) is 0. The third kappa shape index (κ3) is 3.68. The summed E-state index contributed by atoms with van der Waals surface area (Å²) in [5.74, 6) is 0.182. The van der Waals surface area contributed by atoms with Crippen LogP contribution in [0.2, 0.25) is 0 Å². The van der Waals surface area contributed by atoms with Gasteiger partial charge in [-0.3, -0.25) is 9.69 Å². The molecule has 1 saturated heterocycles. The highest BCUT2D eigenvalue weighted by Gasteiger charge is 2.21. The molecule has 1 aliphatic heterocycles. The van der Waals surface area contributed by atoms with Gasteiger partial charge in [0.25, 0.3) is 0 Å². The maximum absolute atomic E-state index is 11.6. The second kappa shape index (κ2) is 6.15. The molecule has 6 heteroatoms. The second-order valence-corrected chi connectivity index (χ2v) is 5.71. The molecular formula is C12H20N4OS. The van der Waals surface area contributed by atoms with Crippen molar-refractivity contribution < 1.29 is 4.79 Å². The Bertz CT molecular complexity index is 371. The van der Waals surface area contributed by atoms with Crippen molar-refractivity contribution in [2.75, 3.05) is 39.0 Å². The number of thiazole rings is 1. The number of piperidine rings is 1. The zero-order valence-electron chi connectivity index (χ0n) is 10.9. The summed E-state index contributed by atoms with van der Waals surface area (Å²) in [4.78, 5) is 19.7. The van der Waals surface area contributed by atoms with Gasteiger partial charge in [0, 0.05) is 44.8 Å². The monoisotopic (exact) mass is 268 g/mol. The minimum absolute atomic E-state index is 0.182. The van der Waals surface area contributed by atoms with E-state index in [0.717, 1.165) is 31.1 Å². The molecule has 2 rings (SSSR count). The Morgan fingerprint density at radius 2 is 2.28 bits per heavy atom. The summed E-state index contributed by atoms with van der Waals surface area (Å²) in [7, 11) is 3.61. The Balaban J connectivity index is 1.73. The lowest BCUT2D eigenvalue weighted by atomic mass is 10.1. The first-order chi connectivity index (χ1) is 8.65. The zero-order chi connectivity index (χ0) is 13.0. The van der Waals surface area contributed by atoms with Crippen molar-refractivity contribution in [3.8, 4) is 0 Å². The molecule has 0 bridgehead atoms. The molecule has 0 radical (unpaired) electrons. The molecule has 1 N–H and O–H groups in total. The molecule has 0 atom stereocenters. The van der Waals surface area contributed by atoms with Crippen LogP contribution in [0, 0.1) is 0 Å². The van der Waals surface area contributed by atoms with Crippen molar-refractivity contribution >= 4 is 22.4 Å². The molecule has 1 aromatic rings. The van der Waals surface area contributed by atoms with E-state index >= 15 is 0 Å². The molecule has 18 heavy (non-hydrogen) atoms. The molecule has 0 saturated carbocycles. The van der Waals surface area contributed by atoms with Crippen LogP contribution in [-0.4, -0.2) is 60.5 Å². The first kappa shape index (κ1) is 13.3. The predicted octanol–water partition coefficient (Wildman–Crippen LogP) is 1.11. The van der Waals surface area contributed by atoms with Crippen LogP contribution in [0.3, 0.4) is 0 Å². The second-order valence-electron chi connectivity index (χ2n) is 4.82. The van der Waals surface area contributed by atoms with Crippen molar-refractivity contribution in [3.63, 3.8) is 0 Å². The smallest absolute Gasteiger partial charge is 0.236 e. The number of hydrogen-bond donors (Lipinski definition) is 1. The lowest BCUT2D eigenvalue weighted by Gasteiger charge is -2.32. The number of carbonyl (C=O) groups is 1. The van der Waals surface area contributed by atoms with Crippen molar-refractivity contribution in [2.45, 2.75) is 18.9 Å².